The molecular weight excluding hydrogens is 346 g/mol. The maximum Gasteiger partial charge on any atom is 0.321 e. The molecule has 2 aromatic rings. The van der Waals surface area contributed by atoms with Gasteiger partial charge in [-0.25, -0.2) is 9.78 Å². The summed E-state index contributed by atoms with van der Waals surface area (Å²) in [4.78, 5) is 34.7. The zero-order valence-electron chi connectivity index (χ0n) is 15.7. The van der Waals surface area contributed by atoms with E-state index in [0.717, 1.165) is 36.6 Å². The van der Waals surface area contributed by atoms with Gasteiger partial charge in [0, 0.05) is 37.7 Å². The quantitative estimate of drug-likeness (QED) is 0.727. The molecule has 2 heterocycles. The molecule has 0 spiro atoms. The first-order valence-corrected chi connectivity index (χ1v) is 9.10. The summed E-state index contributed by atoms with van der Waals surface area (Å²) in [5.41, 5.74) is 4.26. The van der Waals surface area contributed by atoms with Crippen LogP contribution in [0.25, 0.3) is 0 Å². The van der Waals surface area contributed by atoms with Crippen LogP contribution >= 0.6 is 0 Å². The van der Waals surface area contributed by atoms with E-state index in [-0.39, 0.29) is 25.0 Å². The molecule has 0 radical (unpaired) electrons. The van der Waals surface area contributed by atoms with Gasteiger partial charge in [0.25, 0.3) is 0 Å². The Bertz CT molecular complexity index is 791. The number of rotatable bonds is 7. The van der Waals surface area contributed by atoms with Crippen LogP contribution in [0.15, 0.2) is 30.7 Å². The number of benzene rings is 1. The number of carbonyl (C=O) groups is 2. The Kier molecular flexibility index (Phi) is 5.95. The van der Waals surface area contributed by atoms with E-state index in [0.29, 0.717) is 6.61 Å². The number of esters is 1. The number of hydrogen-bond donors (Lipinski definition) is 2. The van der Waals surface area contributed by atoms with Gasteiger partial charge in [0.1, 0.15) is 0 Å². The van der Waals surface area contributed by atoms with Crippen LogP contribution in [0.4, 0.5) is 16.2 Å². The van der Waals surface area contributed by atoms with Crippen molar-refractivity contribution in [1.82, 2.24) is 15.3 Å². The lowest BCUT2D eigenvalue weighted by Crippen LogP contribution is -2.38. The van der Waals surface area contributed by atoms with Gasteiger partial charge in [-0.1, -0.05) is 6.07 Å². The molecule has 27 heavy (non-hydrogen) atoms. The van der Waals surface area contributed by atoms with E-state index in [9.17, 15) is 9.59 Å². The van der Waals surface area contributed by atoms with Gasteiger partial charge in [0.2, 0.25) is 0 Å². The first-order chi connectivity index (χ1) is 13.1. The van der Waals surface area contributed by atoms with Crippen LogP contribution in [-0.2, 0) is 22.5 Å². The number of aromatic nitrogens is 2. The van der Waals surface area contributed by atoms with Gasteiger partial charge in [-0.05, 0) is 31.0 Å². The van der Waals surface area contributed by atoms with Crippen molar-refractivity contribution in [2.45, 2.75) is 26.3 Å². The van der Waals surface area contributed by atoms with E-state index >= 15 is 0 Å². The summed E-state index contributed by atoms with van der Waals surface area (Å²) < 4.78 is 4.86. The number of imidazole rings is 1. The summed E-state index contributed by atoms with van der Waals surface area (Å²) in [5, 5.41) is 2.74. The van der Waals surface area contributed by atoms with Gasteiger partial charge in [-0.2, -0.15) is 0 Å². The number of anilines is 2. The van der Waals surface area contributed by atoms with Gasteiger partial charge in [0.05, 0.1) is 31.6 Å². The largest absolute Gasteiger partial charge is 0.466 e. The highest BCUT2D eigenvalue weighted by molar-refractivity contribution is 5.92. The molecule has 3 rings (SSSR count). The molecule has 0 atom stereocenters. The number of amides is 2. The van der Waals surface area contributed by atoms with Gasteiger partial charge in [0.15, 0.2) is 0 Å². The number of aromatic amines is 1. The fraction of sp³-hybridized carbons (Fsp3) is 0.421. The molecular formula is C19H25N5O3. The van der Waals surface area contributed by atoms with Crippen LogP contribution in [0.1, 0.15) is 24.6 Å². The van der Waals surface area contributed by atoms with E-state index in [1.165, 1.54) is 5.56 Å². The van der Waals surface area contributed by atoms with Crippen molar-refractivity contribution < 1.29 is 14.3 Å². The average Bonchev–Trinajstić information content (AvgIpc) is 3.31. The van der Waals surface area contributed by atoms with E-state index < -0.39 is 0 Å². The van der Waals surface area contributed by atoms with Crippen molar-refractivity contribution in [3.8, 4) is 0 Å². The van der Waals surface area contributed by atoms with Crippen molar-refractivity contribution in [1.29, 1.82) is 0 Å². The number of nitrogens with zero attached hydrogens (tertiary/aromatic N) is 3. The van der Waals surface area contributed by atoms with Gasteiger partial charge >= 0.3 is 12.0 Å². The molecule has 1 aromatic heterocycles. The van der Waals surface area contributed by atoms with E-state index in [2.05, 4.69) is 26.3 Å². The molecule has 1 aliphatic rings. The highest BCUT2D eigenvalue weighted by Gasteiger charge is 2.21. The molecule has 0 unspecified atom stereocenters. The molecule has 1 aliphatic heterocycles. The fourth-order valence-electron chi connectivity index (χ4n) is 3.12. The van der Waals surface area contributed by atoms with Crippen LogP contribution < -0.4 is 15.1 Å². The fourth-order valence-corrected chi connectivity index (χ4v) is 3.12. The lowest BCUT2D eigenvalue weighted by Gasteiger charge is -2.22. The van der Waals surface area contributed by atoms with Crippen molar-refractivity contribution in [3.05, 3.63) is 42.0 Å². The van der Waals surface area contributed by atoms with E-state index in [1.807, 2.05) is 18.3 Å². The molecule has 0 fully saturated rings. The summed E-state index contributed by atoms with van der Waals surface area (Å²) in [5.74, 6) is -0.313. The van der Waals surface area contributed by atoms with Crippen LogP contribution in [0, 0.1) is 0 Å². The topological polar surface area (TPSA) is 90.6 Å². The van der Waals surface area contributed by atoms with Crippen molar-refractivity contribution in [2.75, 3.05) is 36.5 Å². The second-order valence-electron chi connectivity index (χ2n) is 6.41. The molecule has 0 saturated heterocycles. The first kappa shape index (κ1) is 18.8. The Labute approximate surface area is 158 Å². The zero-order valence-corrected chi connectivity index (χ0v) is 15.7. The minimum atomic E-state index is -0.313. The van der Waals surface area contributed by atoms with E-state index in [4.69, 9.17) is 4.74 Å². The smallest absolute Gasteiger partial charge is 0.321 e. The Morgan fingerprint density at radius 1 is 1.41 bits per heavy atom. The van der Waals surface area contributed by atoms with Gasteiger partial charge in [-0.3, -0.25) is 9.69 Å². The summed E-state index contributed by atoms with van der Waals surface area (Å²) >= 11 is 0. The number of ether oxygens (including phenoxy) is 1. The third-order valence-corrected chi connectivity index (χ3v) is 4.58. The number of H-pyrrole nitrogens is 1. The predicted octanol–water partition coefficient (Wildman–Crippen LogP) is 2.07. The van der Waals surface area contributed by atoms with Crippen molar-refractivity contribution >= 4 is 23.4 Å². The molecule has 0 bridgehead atoms. The monoisotopic (exact) mass is 371 g/mol. The predicted molar refractivity (Wildman–Crippen MR) is 103 cm³/mol. The Balaban J connectivity index is 1.61. The molecule has 2 N–H and O–H groups in total. The average molecular weight is 371 g/mol. The SMILES string of the molecule is CCOC(=O)CCNC(=O)N(C)c1ccc2c(c1)N(Cc1cnc[nH]1)CC2. The van der Waals surface area contributed by atoms with Crippen LogP contribution in [0.2, 0.25) is 0 Å². The van der Waals surface area contributed by atoms with Crippen LogP contribution in [-0.4, -0.2) is 48.7 Å². The standard InChI is InChI=1S/C19H25N5O3/c1-3-27-18(25)6-8-21-19(26)23(2)16-5-4-14-7-9-24(17(14)10-16)12-15-11-20-13-22-15/h4-5,10-11,13H,3,6-9,12H2,1-2H3,(H,20,22)(H,21,26). The van der Waals surface area contributed by atoms with Gasteiger partial charge < -0.3 is 19.9 Å². The Morgan fingerprint density at radius 2 is 2.26 bits per heavy atom. The molecule has 1 aromatic carbocycles. The Hall–Kier alpha value is -3.03. The molecule has 0 saturated carbocycles. The second-order valence-corrected chi connectivity index (χ2v) is 6.41. The minimum Gasteiger partial charge on any atom is -0.466 e. The number of hydrogen-bond acceptors (Lipinski definition) is 5. The summed E-state index contributed by atoms with van der Waals surface area (Å²) in [6, 6.07) is 5.80. The van der Waals surface area contributed by atoms with Crippen molar-refractivity contribution in [3.63, 3.8) is 0 Å². The number of fused-ring (bicyclic) bond motifs is 1. The lowest BCUT2D eigenvalue weighted by atomic mass is 10.1. The molecule has 8 nitrogen and oxygen atoms in total. The summed E-state index contributed by atoms with van der Waals surface area (Å²) in [6.07, 6.45) is 4.65. The number of urea groups is 1. The molecule has 144 valence electrons. The van der Waals surface area contributed by atoms with E-state index in [1.54, 1.807) is 25.2 Å². The Morgan fingerprint density at radius 3 is 3.00 bits per heavy atom. The summed E-state index contributed by atoms with van der Waals surface area (Å²) in [6.45, 7) is 4.04. The van der Waals surface area contributed by atoms with Crippen molar-refractivity contribution in [2.24, 2.45) is 0 Å². The normalized spacial score (nSPS) is 12.6. The molecule has 0 aliphatic carbocycles. The molecule has 2 amide bonds. The maximum absolute atomic E-state index is 12.4. The third kappa shape index (κ3) is 4.58. The number of nitrogens with one attached hydrogen (secondary N) is 2. The van der Waals surface area contributed by atoms with Crippen LogP contribution in [0.3, 0.4) is 0 Å². The first-order valence-electron chi connectivity index (χ1n) is 9.10. The molecule has 8 heteroatoms. The third-order valence-electron chi connectivity index (χ3n) is 4.58. The minimum absolute atomic E-state index is 0.162. The highest BCUT2D eigenvalue weighted by atomic mass is 16.5. The van der Waals surface area contributed by atoms with Crippen LogP contribution in [0.5, 0.6) is 0 Å². The highest BCUT2D eigenvalue weighted by Crippen LogP contribution is 2.32. The lowest BCUT2D eigenvalue weighted by molar-refractivity contribution is -0.142. The maximum atomic E-state index is 12.4. The summed E-state index contributed by atoms with van der Waals surface area (Å²) in [7, 11) is 1.72. The van der Waals surface area contributed by atoms with Gasteiger partial charge in [-0.15, -0.1) is 0 Å². The zero-order chi connectivity index (χ0) is 19.2. The second kappa shape index (κ2) is 8.57. The number of carbonyl (C=O) groups excluding carboxylic acids is 2.